The van der Waals surface area contributed by atoms with Gasteiger partial charge in [0.15, 0.2) is 0 Å². The molecule has 3 N–H and O–H groups in total. The van der Waals surface area contributed by atoms with Gasteiger partial charge >= 0.3 is 0 Å². The van der Waals surface area contributed by atoms with Crippen LogP contribution in [-0.2, 0) is 6.61 Å². The van der Waals surface area contributed by atoms with E-state index in [-0.39, 0.29) is 36.8 Å². The van der Waals surface area contributed by atoms with Crippen LogP contribution < -0.4 is 15.8 Å². The molecule has 2 rings (SSSR count). The number of nitrogens with one attached hydrogen (secondary N) is 1. The number of carbonyl (C=O) groups excluding carboxylic acids is 1. The Labute approximate surface area is 126 Å². The van der Waals surface area contributed by atoms with E-state index in [0.717, 1.165) is 6.07 Å². The lowest BCUT2D eigenvalue weighted by molar-refractivity contribution is 0.0950. The van der Waals surface area contributed by atoms with Gasteiger partial charge in [0.25, 0.3) is 5.91 Å². The van der Waals surface area contributed by atoms with Crippen LogP contribution in [0.25, 0.3) is 0 Å². The van der Waals surface area contributed by atoms with Crippen molar-refractivity contribution in [3.63, 3.8) is 0 Å². The zero-order valence-electron chi connectivity index (χ0n) is 11.8. The fraction of sp³-hybridized carbons (Fsp3) is 0.188. The number of amides is 1. The van der Waals surface area contributed by atoms with E-state index < -0.39 is 11.7 Å². The third kappa shape index (κ3) is 4.26. The number of hydrogen-bond donors (Lipinski definition) is 2. The molecule has 0 heterocycles. The molecule has 0 fully saturated rings. The number of benzene rings is 2. The molecule has 0 aliphatic heterocycles. The van der Waals surface area contributed by atoms with Gasteiger partial charge in [-0.15, -0.1) is 0 Å². The van der Waals surface area contributed by atoms with Crippen molar-refractivity contribution in [3.05, 3.63) is 65.2 Å². The Kier molecular flexibility index (Phi) is 5.43. The second-order valence-corrected chi connectivity index (χ2v) is 4.60. The van der Waals surface area contributed by atoms with Gasteiger partial charge < -0.3 is 15.8 Å². The number of rotatable bonds is 6. The number of nitrogens with two attached hydrogens (primary N) is 1. The summed E-state index contributed by atoms with van der Waals surface area (Å²) in [5, 5.41) is 2.49. The van der Waals surface area contributed by atoms with Crippen molar-refractivity contribution in [2.75, 3.05) is 13.1 Å². The molecule has 0 radical (unpaired) electrons. The maximum atomic E-state index is 13.9. The van der Waals surface area contributed by atoms with E-state index in [0.29, 0.717) is 5.56 Å². The molecule has 0 saturated carbocycles. The first-order chi connectivity index (χ1) is 10.6. The van der Waals surface area contributed by atoms with Gasteiger partial charge in [0.1, 0.15) is 24.0 Å². The Morgan fingerprint density at radius 1 is 1.18 bits per heavy atom. The van der Waals surface area contributed by atoms with E-state index in [9.17, 15) is 13.6 Å². The molecule has 0 unspecified atom stereocenters. The van der Waals surface area contributed by atoms with Crippen molar-refractivity contribution in [1.82, 2.24) is 5.32 Å². The second-order valence-electron chi connectivity index (χ2n) is 4.60. The maximum absolute atomic E-state index is 13.9. The summed E-state index contributed by atoms with van der Waals surface area (Å²) in [6, 6.07) is 9.88. The normalized spacial score (nSPS) is 10.3. The summed E-state index contributed by atoms with van der Waals surface area (Å²) in [5.41, 5.74) is 5.82. The number of ether oxygens (including phenoxy) is 1. The summed E-state index contributed by atoms with van der Waals surface area (Å²) in [6.45, 7) is 0.661. The van der Waals surface area contributed by atoms with Gasteiger partial charge in [-0.25, -0.2) is 8.78 Å². The minimum absolute atomic E-state index is 0.0773. The van der Waals surface area contributed by atoms with E-state index in [1.165, 1.54) is 24.3 Å². The minimum Gasteiger partial charge on any atom is -0.489 e. The Morgan fingerprint density at radius 3 is 2.68 bits per heavy atom. The van der Waals surface area contributed by atoms with Gasteiger partial charge in [0.05, 0.1) is 5.56 Å². The van der Waals surface area contributed by atoms with Crippen molar-refractivity contribution in [2.24, 2.45) is 5.73 Å². The molecule has 0 saturated heterocycles. The van der Waals surface area contributed by atoms with Crippen LogP contribution in [0.15, 0.2) is 42.5 Å². The lowest BCUT2D eigenvalue weighted by atomic mass is 10.2. The molecule has 0 atom stereocenters. The summed E-state index contributed by atoms with van der Waals surface area (Å²) in [6.07, 6.45) is 0. The topological polar surface area (TPSA) is 64.3 Å². The van der Waals surface area contributed by atoms with Crippen LogP contribution in [0.5, 0.6) is 5.75 Å². The highest BCUT2D eigenvalue weighted by Crippen LogP contribution is 2.18. The van der Waals surface area contributed by atoms with E-state index in [4.69, 9.17) is 10.5 Å². The fourth-order valence-electron chi connectivity index (χ4n) is 1.84. The molecule has 22 heavy (non-hydrogen) atoms. The number of carbonyl (C=O) groups is 1. The SMILES string of the molecule is NCCNC(=O)c1ccc(OCc2cccc(F)c2)cc1F. The molecule has 0 spiro atoms. The molecule has 0 aromatic heterocycles. The highest BCUT2D eigenvalue weighted by atomic mass is 19.1. The second kappa shape index (κ2) is 7.51. The summed E-state index contributed by atoms with van der Waals surface area (Å²) >= 11 is 0. The van der Waals surface area contributed by atoms with Gasteiger partial charge in [-0.3, -0.25) is 4.79 Å². The van der Waals surface area contributed by atoms with E-state index >= 15 is 0 Å². The zero-order chi connectivity index (χ0) is 15.9. The van der Waals surface area contributed by atoms with Crippen molar-refractivity contribution in [1.29, 1.82) is 0 Å². The average Bonchev–Trinajstić information content (AvgIpc) is 2.51. The summed E-state index contributed by atoms with van der Waals surface area (Å²) in [4.78, 5) is 11.7. The van der Waals surface area contributed by atoms with Crippen LogP contribution in [0.1, 0.15) is 15.9 Å². The molecule has 0 aliphatic rings. The molecule has 2 aromatic carbocycles. The predicted octanol–water partition coefficient (Wildman–Crippen LogP) is 2.23. The van der Waals surface area contributed by atoms with Crippen LogP contribution in [0.4, 0.5) is 8.78 Å². The summed E-state index contributed by atoms with van der Waals surface area (Å²) in [5.74, 6) is -1.32. The first-order valence-electron chi connectivity index (χ1n) is 6.75. The van der Waals surface area contributed by atoms with Crippen molar-refractivity contribution < 1.29 is 18.3 Å². The standard InChI is InChI=1S/C16H16F2N2O2/c17-12-3-1-2-11(8-12)10-22-13-4-5-14(15(18)9-13)16(21)20-7-6-19/h1-5,8-9H,6-7,10,19H2,(H,20,21). The lowest BCUT2D eigenvalue weighted by Gasteiger charge is -2.09. The highest BCUT2D eigenvalue weighted by molar-refractivity contribution is 5.94. The first kappa shape index (κ1) is 15.9. The number of hydrogen-bond acceptors (Lipinski definition) is 3. The van der Waals surface area contributed by atoms with Crippen LogP contribution in [0.2, 0.25) is 0 Å². The monoisotopic (exact) mass is 306 g/mol. The van der Waals surface area contributed by atoms with Gasteiger partial charge in [-0.05, 0) is 29.8 Å². The smallest absolute Gasteiger partial charge is 0.254 e. The molecule has 2 aromatic rings. The van der Waals surface area contributed by atoms with Gasteiger partial charge in [0, 0.05) is 19.2 Å². The minimum atomic E-state index is -0.689. The third-order valence-corrected chi connectivity index (χ3v) is 2.91. The molecule has 6 heteroatoms. The maximum Gasteiger partial charge on any atom is 0.254 e. The largest absolute Gasteiger partial charge is 0.489 e. The predicted molar refractivity (Wildman–Crippen MR) is 78.5 cm³/mol. The highest BCUT2D eigenvalue weighted by Gasteiger charge is 2.12. The van der Waals surface area contributed by atoms with Gasteiger partial charge in [0.2, 0.25) is 0 Å². The molecule has 1 amide bonds. The Bertz CT molecular complexity index is 662. The van der Waals surface area contributed by atoms with Crippen LogP contribution in [0, 0.1) is 11.6 Å². The first-order valence-corrected chi connectivity index (χ1v) is 6.75. The van der Waals surface area contributed by atoms with E-state index in [1.54, 1.807) is 12.1 Å². The van der Waals surface area contributed by atoms with Gasteiger partial charge in [-0.2, -0.15) is 0 Å². The van der Waals surface area contributed by atoms with Crippen molar-refractivity contribution >= 4 is 5.91 Å². The van der Waals surface area contributed by atoms with Crippen LogP contribution in [0.3, 0.4) is 0 Å². The zero-order valence-corrected chi connectivity index (χ0v) is 11.8. The Morgan fingerprint density at radius 2 is 2.00 bits per heavy atom. The molecule has 0 aliphatic carbocycles. The van der Waals surface area contributed by atoms with Crippen molar-refractivity contribution in [2.45, 2.75) is 6.61 Å². The lowest BCUT2D eigenvalue weighted by Crippen LogP contribution is -2.29. The quantitative estimate of drug-likeness (QED) is 0.860. The van der Waals surface area contributed by atoms with Crippen LogP contribution in [-0.4, -0.2) is 19.0 Å². The van der Waals surface area contributed by atoms with Crippen LogP contribution >= 0.6 is 0 Å². The summed E-state index contributed by atoms with van der Waals surface area (Å²) in [7, 11) is 0. The molecular weight excluding hydrogens is 290 g/mol. The molecule has 116 valence electrons. The Hall–Kier alpha value is -2.47. The molecular formula is C16H16F2N2O2. The average molecular weight is 306 g/mol. The summed E-state index contributed by atoms with van der Waals surface area (Å²) < 4.78 is 32.3. The fourth-order valence-corrected chi connectivity index (χ4v) is 1.84. The van der Waals surface area contributed by atoms with Gasteiger partial charge in [-0.1, -0.05) is 12.1 Å². The third-order valence-electron chi connectivity index (χ3n) is 2.91. The molecule has 0 bridgehead atoms. The van der Waals surface area contributed by atoms with E-state index in [1.807, 2.05) is 0 Å². The van der Waals surface area contributed by atoms with Crippen molar-refractivity contribution in [3.8, 4) is 5.75 Å². The Balaban J connectivity index is 2.01. The number of halogens is 2. The molecule has 4 nitrogen and oxygen atoms in total. The van der Waals surface area contributed by atoms with E-state index in [2.05, 4.69) is 5.32 Å².